The molecule has 0 radical (unpaired) electrons. The summed E-state index contributed by atoms with van der Waals surface area (Å²) in [6.45, 7) is 3.39. The molecule has 1 amide bonds. The molecular weight excluding hydrogens is 338 g/mol. The van der Waals surface area contributed by atoms with Gasteiger partial charge in [0.1, 0.15) is 11.6 Å². The Kier molecular flexibility index (Phi) is 5.42. The summed E-state index contributed by atoms with van der Waals surface area (Å²) in [4.78, 5) is 11.9. The van der Waals surface area contributed by atoms with Gasteiger partial charge in [-0.05, 0) is 42.5 Å². The molecule has 5 nitrogen and oxygen atoms in total. The lowest BCUT2D eigenvalue weighted by molar-refractivity contribution is 0.102. The van der Waals surface area contributed by atoms with Crippen LogP contribution in [-0.2, 0) is 10.0 Å². The summed E-state index contributed by atoms with van der Waals surface area (Å²) in [5.74, 6) is -2.21. The zero-order valence-corrected chi connectivity index (χ0v) is 13.2. The van der Waals surface area contributed by atoms with E-state index >= 15 is 0 Å². The fourth-order valence-electron chi connectivity index (χ4n) is 1.83. The molecule has 2 N–H and O–H groups in total. The van der Waals surface area contributed by atoms with Gasteiger partial charge in [0, 0.05) is 12.2 Å². The van der Waals surface area contributed by atoms with Gasteiger partial charge in [-0.2, -0.15) is 0 Å². The maximum Gasteiger partial charge on any atom is 0.258 e. The number of amides is 1. The van der Waals surface area contributed by atoms with Gasteiger partial charge < -0.3 is 5.32 Å². The molecule has 0 bridgehead atoms. The maximum absolute atomic E-state index is 13.9. The molecule has 0 aliphatic carbocycles. The van der Waals surface area contributed by atoms with Crippen molar-refractivity contribution in [2.45, 2.75) is 4.90 Å². The molecule has 0 saturated carbocycles. The largest absolute Gasteiger partial charge is 0.322 e. The summed E-state index contributed by atoms with van der Waals surface area (Å²) < 4.78 is 53.0. The quantitative estimate of drug-likeness (QED) is 0.785. The van der Waals surface area contributed by atoms with Crippen molar-refractivity contribution in [2.24, 2.45) is 0 Å². The van der Waals surface area contributed by atoms with E-state index in [0.29, 0.717) is 0 Å². The number of carbonyl (C=O) groups is 1. The van der Waals surface area contributed by atoms with Crippen LogP contribution in [0, 0.1) is 11.6 Å². The van der Waals surface area contributed by atoms with Crippen LogP contribution < -0.4 is 10.0 Å². The lowest BCUT2D eigenvalue weighted by atomic mass is 10.2. The number of anilines is 1. The average molecular weight is 352 g/mol. The van der Waals surface area contributed by atoms with Gasteiger partial charge in [0.15, 0.2) is 0 Å². The molecule has 8 heteroatoms. The van der Waals surface area contributed by atoms with Crippen molar-refractivity contribution in [3.8, 4) is 0 Å². The zero-order chi connectivity index (χ0) is 17.7. The van der Waals surface area contributed by atoms with Gasteiger partial charge in [0.25, 0.3) is 5.91 Å². The maximum atomic E-state index is 13.9. The predicted octanol–water partition coefficient (Wildman–Crippen LogP) is 2.68. The molecule has 0 unspecified atom stereocenters. The van der Waals surface area contributed by atoms with E-state index in [0.717, 1.165) is 30.3 Å². The third-order valence-electron chi connectivity index (χ3n) is 3.01. The Labute approximate surface area is 138 Å². The highest BCUT2D eigenvalue weighted by atomic mass is 32.2. The molecule has 0 aromatic heterocycles. The van der Waals surface area contributed by atoms with E-state index in [4.69, 9.17) is 0 Å². The average Bonchev–Trinajstić information content (AvgIpc) is 2.55. The summed E-state index contributed by atoms with van der Waals surface area (Å²) >= 11 is 0. The molecule has 126 valence electrons. The van der Waals surface area contributed by atoms with Gasteiger partial charge >= 0.3 is 0 Å². The molecule has 0 saturated heterocycles. The lowest BCUT2D eigenvalue weighted by Gasteiger charge is -2.09. The van der Waals surface area contributed by atoms with Crippen molar-refractivity contribution in [3.05, 3.63) is 72.3 Å². The Balaban J connectivity index is 2.29. The van der Waals surface area contributed by atoms with Crippen LogP contribution in [0.5, 0.6) is 0 Å². The Morgan fingerprint density at radius 2 is 1.79 bits per heavy atom. The molecule has 0 heterocycles. The first-order valence-corrected chi connectivity index (χ1v) is 8.29. The van der Waals surface area contributed by atoms with Crippen LogP contribution in [-0.4, -0.2) is 20.9 Å². The molecule has 0 atom stereocenters. The second kappa shape index (κ2) is 7.33. The van der Waals surface area contributed by atoms with Crippen molar-refractivity contribution in [2.75, 3.05) is 11.9 Å². The number of hydrogen-bond acceptors (Lipinski definition) is 3. The van der Waals surface area contributed by atoms with Crippen LogP contribution in [0.4, 0.5) is 14.5 Å². The predicted molar refractivity (Wildman–Crippen MR) is 86.1 cm³/mol. The number of halogens is 2. The Morgan fingerprint density at radius 3 is 2.42 bits per heavy atom. The van der Waals surface area contributed by atoms with Gasteiger partial charge in [-0.15, -0.1) is 6.58 Å². The van der Waals surface area contributed by atoms with E-state index < -0.39 is 33.1 Å². The standard InChI is InChI=1S/C16H14F2N2O3S/c1-2-9-19-24(22,23)13-7-8-15(18)14(10-13)16(21)20-12-5-3-11(17)4-6-12/h2-8,10,19H,1,9H2,(H,20,21). The third-order valence-corrected chi connectivity index (χ3v) is 4.43. The minimum atomic E-state index is -3.89. The van der Waals surface area contributed by atoms with Gasteiger partial charge in [0.2, 0.25) is 10.0 Å². The molecule has 0 aliphatic heterocycles. The number of benzene rings is 2. The van der Waals surface area contributed by atoms with Crippen LogP contribution in [0.15, 0.2) is 60.0 Å². The van der Waals surface area contributed by atoms with E-state index in [9.17, 15) is 22.0 Å². The Bertz CT molecular complexity index is 865. The van der Waals surface area contributed by atoms with Gasteiger partial charge in [-0.25, -0.2) is 21.9 Å². The van der Waals surface area contributed by atoms with Crippen molar-refractivity contribution in [3.63, 3.8) is 0 Å². The van der Waals surface area contributed by atoms with Crippen LogP contribution in [0.2, 0.25) is 0 Å². The van der Waals surface area contributed by atoms with Crippen molar-refractivity contribution < 1.29 is 22.0 Å². The first-order valence-electron chi connectivity index (χ1n) is 6.80. The van der Waals surface area contributed by atoms with E-state index in [1.165, 1.54) is 18.2 Å². The second-order valence-electron chi connectivity index (χ2n) is 4.74. The fraction of sp³-hybridized carbons (Fsp3) is 0.0625. The van der Waals surface area contributed by atoms with Gasteiger partial charge in [-0.1, -0.05) is 6.08 Å². The normalized spacial score (nSPS) is 11.1. The first kappa shape index (κ1) is 17.8. The summed E-state index contributed by atoms with van der Waals surface area (Å²) in [5, 5.41) is 2.37. The molecule has 0 aliphatic rings. The monoisotopic (exact) mass is 352 g/mol. The summed E-state index contributed by atoms with van der Waals surface area (Å²) in [5.41, 5.74) is -0.195. The molecule has 2 rings (SSSR count). The molecule has 2 aromatic carbocycles. The SMILES string of the molecule is C=CCNS(=O)(=O)c1ccc(F)c(C(=O)Nc2ccc(F)cc2)c1. The van der Waals surface area contributed by atoms with Crippen LogP contribution >= 0.6 is 0 Å². The highest BCUT2D eigenvalue weighted by molar-refractivity contribution is 7.89. The number of sulfonamides is 1. The van der Waals surface area contributed by atoms with Crippen molar-refractivity contribution >= 4 is 21.6 Å². The first-order chi connectivity index (χ1) is 11.3. The van der Waals surface area contributed by atoms with Crippen LogP contribution in [0.1, 0.15) is 10.4 Å². The van der Waals surface area contributed by atoms with E-state index in [2.05, 4.69) is 16.6 Å². The van der Waals surface area contributed by atoms with Crippen molar-refractivity contribution in [1.29, 1.82) is 0 Å². The summed E-state index contributed by atoms with van der Waals surface area (Å²) in [6, 6.07) is 7.74. The molecule has 0 fully saturated rings. The van der Waals surface area contributed by atoms with Gasteiger partial charge in [0.05, 0.1) is 10.5 Å². The van der Waals surface area contributed by atoms with E-state index in [-0.39, 0.29) is 17.1 Å². The third kappa shape index (κ3) is 4.24. The molecule has 2 aromatic rings. The number of carbonyl (C=O) groups excluding carboxylic acids is 1. The topological polar surface area (TPSA) is 75.3 Å². The van der Waals surface area contributed by atoms with E-state index in [1.807, 2.05) is 0 Å². The Hall–Kier alpha value is -2.58. The zero-order valence-electron chi connectivity index (χ0n) is 12.4. The van der Waals surface area contributed by atoms with Crippen molar-refractivity contribution in [1.82, 2.24) is 4.72 Å². The Morgan fingerprint density at radius 1 is 1.12 bits per heavy atom. The second-order valence-corrected chi connectivity index (χ2v) is 6.51. The smallest absolute Gasteiger partial charge is 0.258 e. The molecule has 0 spiro atoms. The highest BCUT2D eigenvalue weighted by Gasteiger charge is 2.19. The number of rotatable bonds is 6. The van der Waals surface area contributed by atoms with E-state index in [1.54, 1.807) is 0 Å². The minimum absolute atomic E-state index is 0.00316. The number of hydrogen-bond donors (Lipinski definition) is 2. The fourth-order valence-corrected chi connectivity index (χ4v) is 2.85. The van der Waals surface area contributed by atoms with Crippen LogP contribution in [0.25, 0.3) is 0 Å². The number of nitrogens with one attached hydrogen (secondary N) is 2. The summed E-state index contributed by atoms with van der Waals surface area (Å²) in [6.07, 6.45) is 1.35. The highest BCUT2D eigenvalue weighted by Crippen LogP contribution is 2.17. The minimum Gasteiger partial charge on any atom is -0.322 e. The van der Waals surface area contributed by atoms with Gasteiger partial charge in [-0.3, -0.25) is 4.79 Å². The molecular formula is C16H14F2N2O3S. The van der Waals surface area contributed by atoms with Crippen LogP contribution in [0.3, 0.4) is 0 Å². The molecule has 24 heavy (non-hydrogen) atoms. The lowest BCUT2D eigenvalue weighted by Crippen LogP contribution is -2.24. The summed E-state index contributed by atoms with van der Waals surface area (Å²) in [7, 11) is -3.89.